The van der Waals surface area contributed by atoms with Crippen molar-refractivity contribution < 1.29 is 9.59 Å². The van der Waals surface area contributed by atoms with Crippen LogP contribution in [0.4, 0.5) is 0 Å². The molecule has 8 heteroatoms. The van der Waals surface area contributed by atoms with Crippen molar-refractivity contribution in [1.29, 1.82) is 0 Å². The predicted octanol–water partition coefficient (Wildman–Crippen LogP) is 6.46. The van der Waals surface area contributed by atoms with E-state index in [0.717, 1.165) is 11.1 Å². The number of nitrogens with one attached hydrogen (secondary N) is 1. The van der Waals surface area contributed by atoms with Crippen LogP contribution in [0.5, 0.6) is 0 Å². The summed E-state index contributed by atoms with van der Waals surface area (Å²) >= 11 is 20.0. The van der Waals surface area contributed by atoms with E-state index in [1.807, 2.05) is 45.0 Å². The highest BCUT2D eigenvalue weighted by molar-refractivity contribution is 7.99. The number of thioether (sulfide) groups is 1. The minimum atomic E-state index is -0.572. The van der Waals surface area contributed by atoms with Crippen LogP contribution in [-0.4, -0.2) is 35.1 Å². The maximum absolute atomic E-state index is 13.3. The molecule has 0 aliphatic carbocycles. The first-order valence-electron chi connectivity index (χ1n) is 10.5. The Hall–Kier alpha value is -1.40. The molecular weight excluding hydrogens is 487 g/mol. The Kier molecular flexibility index (Phi) is 11.2. The third-order valence-corrected chi connectivity index (χ3v) is 6.79. The summed E-state index contributed by atoms with van der Waals surface area (Å²) in [5, 5.41) is 4.68. The van der Waals surface area contributed by atoms with Crippen LogP contribution in [0.1, 0.15) is 38.3 Å². The van der Waals surface area contributed by atoms with Crippen LogP contribution in [0.2, 0.25) is 15.1 Å². The summed E-state index contributed by atoms with van der Waals surface area (Å²) in [6, 6.07) is 12.1. The number of rotatable bonds is 11. The molecule has 2 amide bonds. The average molecular weight is 516 g/mol. The highest BCUT2D eigenvalue weighted by Crippen LogP contribution is 2.26. The van der Waals surface area contributed by atoms with Gasteiger partial charge < -0.3 is 10.2 Å². The largest absolute Gasteiger partial charge is 0.354 e. The number of halogens is 3. The zero-order chi connectivity index (χ0) is 23.7. The van der Waals surface area contributed by atoms with Gasteiger partial charge in [-0.2, -0.15) is 0 Å². The van der Waals surface area contributed by atoms with Crippen LogP contribution >= 0.6 is 46.6 Å². The Morgan fingerprint density at radius 1 is 1.03 bits per heavy atom. The fourth-order valence-corrected chi connectivity index (χ4v) is 4.79. The van der Waals surface area contributed by atoms with Crippen molar-refractivity contribution in [1.82, 2.24) is 10.2 Å². The maximum atomic E-state index is 13.3. The van der Waals surface area contributed by atoms with E-state index < -0.39 is 6.04 Å². The zero-order valence-corrected chi connectivity index (χ0v) is 21.6. The Morgan fingerprint density at radius 2 is 1.75 bits per heavy atom. The smallest absolute Gasteiger partial charge is 0.242 e. The average Bonchev–Trinajstić information content (AvgIpc) is 2.74. The first-order valence-corrected chi connectivity index (χ1v) is 12.8. The van der Waals surface area contributed by atoms with Crippen molar-refractivity contribution in [3.8, 4) is 0 Å². The molecule has 0 unspecified atom stereocenters. The molecule has 2 aromatic carbocycles. The molecular formula is C24H29Cl3N2O2S. The van der Waals surface area contributed by atoms with Gasteiger partial charge in [0.1, 0.15) is 6.04 Å². The maximum Gasteiger partial charge on any atom is 0.242 e. The van der Waals surface area contributed by atoms with Crippen molar-refractivity contribution >= 4 is 58.4 Å². The Morgan fingerprint density at radius 3 is 2.38 bits per heavy atom. The molecule has 174 valence electrons. The van der Waals surface area contributed by atoms with Crippen LogP contribution < -0.4 is 5.32 Å². The standard InChI is InChI=1S/C24H29Cl3N2O2S/c1-4-22(24(31)28-12-16(2)3)29(13-17-7-5-6-8-20(17)26)23(30)15-32-14-18-9-10-19(25)11-21(18)27/h5-11,16,22H,4,12-15H2,1-3H3,(H,28,31)/t22-/m0/s1. The second-order valence-corrected chi connectivity index (χ2v) is 10.1. The first-order chi connectivity index (χ1) is 15.2. The molecule has 0 saturated heterocycles. The van der Waals surface area contributed by atoms with Gasteiger partial charge in [0.25, 0.3) is 0 Å². The van der Waals surface area contributed by atoms with Crippen LogP contribution in [0.3, 0.4) is 0 Å². The molecule has 0 heterocycles. The minimum Gasteiger partial charge on any atom is -0.354 e. The van der Waals surface area contributed by atoms with Gasteiger partial charge in [0.05, 0.1) is 5.75 Å². The summed E-state index contributed by atoms with van der Waals surface area (Å²) in [6.07, 6.45) is 0.508. The van der Waals surface area contributed by atoms with E-state index in [1.54, 1.807) is 23.1 Å². The molecule has 1 N–H and O–H groups in total. The Balaban J connectivity index is 2.15. The molecule has 0 saturated carbocycles. The van der Waals surface area contributed by atoms with Gasteiger partial charge in [0.2, 0.25) is 11.8 Å². The van der Waals surface area contributed by atoms with Crippen molar-refractivity contribution in [2.45, 2.75) is 45.5 Å². The predicted molar refractivity (Wildman–Crippen MR) is 137 cm³/mol. The number of nitrogens with zero attached hydrogens (tertiary/aromatic N) is 1. The van der Waals surface area contributed by atoms with Gasteiger partial charge in [0, 0.05) is 33.9 Å². The second kappa shape index (κ2) is 13.3. The van der Waals surface area contributed by atoms with Gasteiger partial charge in [-0.3, -0.25) is 9.59 Å². The molecule has 2 aromatic rings. The summed E-state index contributed by atoms with van der Waals surface area (Å²) in [5.74, 6) is 0.845. The molecule has 0 aromatic heterocycles. The lowest BCUT2D eigenvalue weighted by Crippen LogP contribution is -2.50. The normalized spacial score (nSPS) is 12.0. The summed E-state index contributed by atoms with van der Waals surface area (Å²) < 4.78 is 0. The quantitative estimate of drug-likeness (QED) is 0.373. The van der Waals surface area contributed by atoms with Crippen molar-refractivity contribution in [3.05, 3.63) is 68.7 Å². The topological polar surface area (TPSA) is 49.4 Å². The van der Waals surface area contributed by atoms with E-state index in [0.29, 0.717) is 39.7 Å². The molecule has 0 aliphatic heterocycles. The molecule has 0 aliphatic rings. The molecule has 4 nitrogen and oxygen atoms in total. The minimum absolute atomic E-state index is 0.119. The summed E-state index contributed by atoms with van der Waals surface area (Å²) in [4.78, 5) is 27.8. The lowest BCUT2D eigenvalue weighted by molar-refractivity contribution is -0.139. The number of benzene rings is 2. The van der Waals surface area contributed by atoms with E-state index in [-0.39, 0.29) is 24.1 Å². The molecule has 2 rings (SSSR count). The number of carbonyl (C=O) groups is 2. The van der Waals surface area contributed by atoms with E-state index >= 15 is 0 Å². The molecule has 0 radical (unpaired) electrons. The molecule has 32 heavy (non-hydrogen) atoms. The Labute approximate surface area is 210 Å². The van der Waals surface area contributed by atoms with E-state index in [9.17, 15) is 9.59 Å². The molecule has 0 spiro atoms. The summed E-state index contributed by atoms with van der Waals surface area (Å²) in [7, 11) is 0. The van der Waals surface area contributed by atoms with Gasteiger partial charge in [0.15, 0.2) is 0 Å². The lowest BCUT2D eigenvalue weighted by atomic mass is 10.1. The molecule has 0 bridgehead atoms. The van der Waals surface area contributed by atoms with Crippen LogP contribution in [0.15, 0.2) is 42.5 Å². The highest BCUT2D eigenvalue weighted by atomic mass is 35.5. The Bertz CT molecular complexity index is 924. The van der Waals surface area contributed by atoms with Gasteiger partial charge in [-0.15, -0.1) is 11.8 Å². The van der Waals surface area contributed by atoms with Gasteiger partial charge >= 0.3 is 0 Å². The highest BCUT2D eigenvalue weighted by Gasteiger charge is 2.29. The third kappa shape index (κ3) is 8.18. The zero-order valence-electron chi connectivity index (χ0n) is 18.5. The SMILES string of the molecule is CC[C@@H](C(=O)NCC(C)C)N(Cc1ccccc1Cl)C(=O)CSCc1ccc(Cl)cc1Cl. The number of amides is 2. The third-order valence-electron chi connectivity index (χ3n) is 4.87. The van der Waals surface area contributed by atoms with Crippen LogP contribution in [0, 0.1) is 5.92 Å². The lowest BCUT2D eigenvalue weighted by Gasteiger charge is -2.31. The van der Waals surface area contributed by atoms with Gasteiger partial charge in [-0.1, -0.05) is 79.8 Å². The van der Waals surface area contributed by atoms with Crippen molar-refractivity contribution in [2.75, 3.05) is 12.3 Å². The fraction of sp³-hybridized carbons (Fsp3) is 0.417. The van der Waals surface area contributed by atoms with Crippen LogP contribution in [-0.2, 0) is 21.9 Å². The van der Waals surface area contributed by atoms with E-state index in [2.05, 4.69) is 5.32 Å². The summed E-state index contributed by atoms with van der Waals surface area (Å²) in [6.45, 7) is 6.81. The fourth-order valence-electron chi connectivity index (χ4n) is 3.12. The molecule has 1 atom stereocenters. The van der Waals surface area contributed by atoms with Gasteiger partial charge in [-0.05, 0) is 41.7 Å². The number of carbonyl (C=O) groups excluding carboxylic acids is 2. The van der Waals surface area contributed by atoms with Gasteiger partial charge in [-0.25, -0.2) is 0 Å². The second-order valence-electron chi connectivity index (χ2n) is 7.90. The monoisotopic (exact) mass is 514 g/mol. The molecule has 0 fully saturated rings. The van der Waals surface area contributed by atoms with Crippen molar-refractivity contribution in [2.24, 2.45) is 5.92 Å². The summed E-state index contributed by atoms with van der Waals surface area (Å²) in [5.41, 5.74) is 1.72. The van der Waals surface area contributed by atoms with Crippen molar-refractivity contribution in [3.63, 3.8) is 0 Å². The number of hydrogen-bond donors (Lipinski definition) is 1. The van der Waals surface area contributed by atoms with E-state index in [4.69, 9.17) is 34.8 Å². The van der Waals surface area contributed by atoms with E-state index in [1.165, 1.54) is 11.8 Å². The number of hydrogen-bond acceptors (Lipinski definition) is 3. The first kappa shape index (κ1) is 26.8. The van der Waals surface area contributed by atoms with Crippen LogP contribution in [0.25, 0.3) is 0 Å².